The van der Waals surface area contributed by atoms with E-state index in [9.17, 15) is 22.8 Å². The van der Waals surface area contributed by atoms with Gasteiger partial charge in [-0.25, -0.2) is 9.59 Å². The number of aromatic nitrogens is 1. The molecule has 3 rings (SSSR count). The maximum Gasteiger partial charge on any atom is 0.417 e. The van der Waals surface area contributed by atoms with E-state index in [0.29, 0.717) is 0 Å². The van der Waals surface area contributed by atoms with Crippen LogP contribution < -0.4 is 0 Å². The topological polar surface area (TPSA) is 78.6 Å². The monoisotopic (exact) mass is 379 g/mol. The molecule has 0 aliphatic carbocycles. The molecule has 6 nitrogen and oxygen atoms in total. The first kappa shape index (κ1) is 18.4. The van der Waals surface area contributed by atoms with Crippen molar-refractivity contribution in [1.29, 1.82) is 0 Å². The van der Waals surface area contributed by atoms with E-state index in [1.165, 1.54) is 30.5 Å². The number of rotatable bonds is 4. The van der Waals surface area contributed by atoms with Crippen molar-refractivity contribution in [3.8, 4) is 0 Å². The summed E-state index contributed by atoms with van der Waals surface area (Å²) < 4.78 is 55.1. The maximum absolute atomic E-state index is 13.6. The highest BCUT2D eigenvalue weighted by Crippen LogP contribution is 2.37. The van der Waals surface area contributed by atoms with Gasteiger partial charge in [-0.2, -0.15) is 13.2 Å². The number of halogens is 3. The molecule has 140 valence electrons. The number of hydrogen-bond acceptors (Lipinski definition) is 6. The predicted octanol–water partition coefficient (Wildman–Crippen LogP) is 3.99. The fourth-order valence-electron chi connectivity index (χ4n) is 2.55. The van der Waals surface area contributed by atoms with Crippen LogP contribution in [0.5, 0.6) is 0 Å². The fourth-order valence-corrected chi connectivity index (χ4v) is 2.55. The first-order valence-corrected chi connectivity index (χ1v) is 7.59. The van der Waals surface area contributed by atoms with Crippen molar-refractivity contribution >= 4 is 22.8 Å². The van der Waals surface area contributed by atoms with Gasteiger partial charge in [0.2, 0.25) is 0 Å². The van der Waals surface area contributed by atoms with E-state index in [2.05, 4.69) is 9.72 Å². The molecule has 3 aromatic rings. The highest BCUT2D eigenvalue weighted by molar-refractivity contribution is 5.97. The van der Waals surface area contributed by atoms with Crippen molar-refractivity contribution in [3.63, 3.8) is 0 Å². The standard InChI is InChI=1S/C18H12F3NO5/c1-25-16(23)11-6-7-26-14(11)9-27-17(24)12-8-22-13-5-3-2-4-10(13)15(12)18(19,20)21/h2-8H,9H2,1H3. The largest absolute Gasteiger partial charge is 0.465 e. The van der Waals surface area contributed by atoms with Crippen LogP contribution in [0.2, 0.25) is 0 Å². The number of pyridine rings is 1. The minimum Gasteiger partial charge on any atom is -0.465 e. The smallest absolute Gasteiger partial charge is 0.417 e. The average Bonchev–Trinajstić information content (AvgIpc) is 3.12. The number of carbonyl (C=O) groups is 2. The van der Waals surface area contributed by atoms with E-state index in [1.807, 2.05) is 0 Å². The van der Waals surface area contributed by atoms with Crippen molar-refractivity contribution in [1.82, 2.24) is 4.98 Å². The van der Waals surface area contributed by atoms with Crippen molar-refractivity contribution in [2.75, 3.05) is 7.11 Å². The number of alkyl halides is 3. The number of furan rings is 1. The van der Waals surface area contributed by atoms with Gasteiger partial charge in [0, 0.05) is 11.6 Å². The number of esters is 2. The predicted molar refractivity (Wildman–Crippen MR) is 85.9 cm³/mol. The van der Waals surface area contributed by atoms with E-state index in [0.717, 1.165) is 13.3 Å². The Balaban J connectivity index is 1.93. The third-order valence-electron chi connectivity index (χ3n) is 3.76. The fraction of sp³-hybridized carbons (Fsp3) is 0.167. The van der Waals surface area contributed by atoms with Crippen LogP contribution in [0.4, 0.5) is 13.2 Å². The summed E-state index contributed by atoms with van der Waals surface area (Å²) in [4.78, 5) is 27.7. The zero-order chi connectivity index (χ0) is 19.6. The van der Waals surface area contributed by atoms with Gasteiger partial charge in [-0.3, -0.25) is 4.98 Å². The van der Waals surface area contributed by atoms with Crippen LogP contribution in [0.25, 0.3) is 10.9 Å². The lowest BCUT2D eigenvalue weighted by atomic mass is 10.0. The van der Waals surface area contributed by atoms with Gasteiger partial charge < -0.3 is 13.9 Å². The van der Waals surface area contributed by atoms with Crippen molar-refractivity contribution in [3.05, 3.63) is 65.2 Å². The molecule has 0 aliphatic rings. The van der Waals surface area contributed by atoms with Gasteiger partial charge in [0.25, 0.3) is 0 Å². The summed E-state index contributed by atoms with van der Waals surface area (Å²) >= 11 is 0. The Morgan fingerprint density at radius 2 is 1.85 bits per heavy atom. The summed E-state index contributed by atoms with van der Waals surface area (Å²) in [6.45, 7) is -0.541. The van der Waals surface area contributed by atoms with E-state index in [-0.39, 0.29) is 22.2 Å². The minimum atomic E-state index is -4.79. The van der Waals surface area contributed by atoms with Crippen LogP contribution in [-0.4, -0.2) is 24.0 Å². The van der Waals surface area contributed by atoms with Crippen LogP contribution in [0.15, 0.2) is 47.2 Å². The normalized spacial score (nSPS) is 11.4. The third-order valence-corrected chi connectivity index (χ3v) is 3.76. The van der Waals surface area contributed by atoms with E-state index in [4.69, 9.17) is 9.15 Å². The molecule has 0 spiro atoms. The molecule has 27 heavy (non-hydrogen) atoms. The van der Waals surface area contributed by atoms with Gasteiger partial charge in [0.05, 0.1) is 30.0 Å². The summed E-state index contributed by atoms with van der Waals surface area (Å²) in [6.07, 6.45) is -2.80. The lowest BCUT2D eigenvalue weighted by molar-refractivity contribution is -0.136. The van der Waals surface area contributed by atoms with E-state index < -0.39 is 35.8 Å². The number of methoxy groups -OCH3 is 1. The molecule has 0 saturated heterocycles. The zero-order valence-electron chi connectivity index (χ0n) is 13.9. The Morgan fingerprint density at radius 3 is 2.56 bits per heavy atom. The molecule has 0 saturated carbocycles. The SMILES string of the molecule is COC(=O)c1ccoc1COC(=O)c1cnc2ccccc2c1C(F)(F)F. The van der Waals surface area contributed by atoms with E-state index >= 15 is 0 Å². The summed E-state index contributed by atoms with van der Waals surface area (Å²) in [7, 11) is 1.15. The summed E-state index contributed by atoms with van der Waals surface area (Å²) in [5.41, 5.74) is -1.75. The van der Waals surface area contributed by atoms with Crippen LogP contribution in [0, 0.1) is 0 Å². The van der Waals surface area contributed by atoms with Crippen LogP contribution in [-0.2, 0) is 22.3 Å². The number of hydrogen-bond donors (Lipinski definition) is 0. The first-order chi connectivity index (χ1) is 12.8. The highest BCUT2D eigenvalue weighted by atomic mass is 19.4. The molecule has 1 aromatic carbocycles. The summed E-state index contributed by atoms with van der Waals surface area (Å²) in [5, 5.41) is -0.215. The zero-order valence-corrected chi connectivity index (χ0v) is 13.9. The first-order valence-electron chi connectivity index (χ1n) is 7.59. The number of carbonyl (C=O) groups excluding carboxylic acids is 2. The Morgan fingerprint density at radius 1 is 1.11 bits per heavy atom. The molecule has 0 amide bonds. The van der Waals surface area contributed by atoms with Crippen molar-refractivity contribution in [2.24, 2.45) is 0 Å². The van der Waals surface area contributed by atoms with E-state index in [1.54, 1.807) is 6.07 Å². The van der Waals surface area contributed by atoms with Gasteiger partial charge in [-0.15, -0.1) is 0 Å². The summed E-state index contributed by atoms with van der Waals surface area (Å²) in [5.74, 6) is -2.01. The molecule has 0 aliphatic heterocycles. The Hall–Kier alpha value is -3.36. The molecule has 0 radical (unpaired) electrons. The van der Waals surface area contributed by atoms with Crippen LogP contribution >= 0.6 is 0 Å². The number of nitrogens with zero attached hydrogens (tertiary/aromatic N) is 1. The molecular formula is C18H12F3NO5. The lowest BCUT2D eigenvalue weighted by Gasteiger charge is -2.14. The third kappa shape index (κ3) is 3.62. The molecule has 0 unspecified atom stereocenters. The van der Waals surface area contributed by atoms with Gasteiger partial charge in [0.1, 0.15) is 5.56 Å². The molecule has 0 bridgehead atoms. The second kappa shape index (κ2) is 7.10. The Labute approximate surface area is 150 Å². The maximum atomic E-state index is 13.6. The molecule has 0 atom stereocenters. The minimum absolute atomic E-state index is 0.0120. The molecule has 0 fully saturated rings. The van der Waals surface area contributed by atoms with Crippen LogP contribution in [0.3, 0.4) is 0 Å². The molecule has 9 heteroatoms. The quantitative estimate of drug-likeness (QED) is 0.638. The molecule has 2 aromatic heterocycles. The summed E-state index contributed by atoms with van der Waals surface area (Å²) in [6, 6.07) is 6.89. The second-order valence-corrected chi connectivity index (χ2v) is 5.39. The number of para-hydroxylation sites is 1. The molecule has 0 N–H and O–H groups in total. The number of benzene rings is 1. The number of fused-ring (bicyclic) bond motifs is 1. The lowest BCUT2D eigenvalue weighted by Crippen LogP contribution is -2.17. The number of ether oxygens (including phenoxy) is 2. The van der Waals surface area contributed by atoms with Gasteiger partial charge in [-0.05, 0) is 12.1 Å². The van der Waals surface area contributed by atoms with Crippen molar-refractivity contribution in [2.45, 2.75) is 12.8 Å². The van der Waals surface area contributed by atoms with Crippen LogP contribution in [0.1, 0.15) is 32.0 Å². The average molecular weight is 379 g/mol. The Kier molecular flexibility index (Phi) is 4.85. The second-order valence-electron chi connectivity index (χ2n) is 5.39. The molecule has 2 heterocycles. The van der Waals surface area contributed by atoms with Crippen molar-refractivity contribution < 1.29 is 36.7 Å². The van der Waals surface area contributed by atoms with Gasteiger partial charge >= 0.3 is 18.1 Å². The van der Waals surface area contributed by atoms with Gasteiger partial charge in [0.15, 0.2) is 12.4 Å². The van der Waals surface area contributed by atoms with Gasteiger partial charge in [-0.1, -0.05) is 18.2 Å². The molecular weight excluding hydrogens is 367 g/mol. The highest BCUT2D eigenvalue weighted by Gasteiger charge is 2.38. The Bertz CT molecular complexity index is 1010.